The van der Waals surface area contributed by atoms with E-state index >= 15 is 0 Å². The maximum absolute atomic E-state index is 12.3. The lowest BCUT2D eigenvalue weighted by Crippen LogP contribution is -2.35. The minimum atomic E-state index is -3.60. The van der Waals surface area contributed by atoms with Crippen LogP contribution in [0.1, 0.15) is 18.1 Å². The van der Waals surface area contributed by atoms with Gasteiger partial charge in [-0.3, -0.25) is 9.52 Å². The standard InChI is InChI=1S/C20H26N2O4S/c1-15-4-8-18(9-5-15)22-27(24,25)14-16(2)20(23)21-13-12-17-6-10-19(26-3)11-7-17/h4-11,16,22H,12-14H2,1-3H3,(H,21,23). The second-order valence-corrected chi connectivity index (χ2v) is 8.31. The predicted molar refractivity (Wildman–Crippen MR) is 107 cm³/mol. The Labute approximate surface area is 161 Å². The summed E-state index contributed by atoms with van der Waals surface area (Å²) in [6, 6.07) is 14.7. The van der Waals surface area contributed by atoms with Crippen LogP contribution in [-0.2, 0) is 21.2 Å². The number of carbonyl (C=O) groups excluding carboxylic acids is 1. The van der Waals surface area contributed by atoms with E-state index in [-0.39, 0.29) is 11.7 Å². The number of nitrogens with one attached hydrogen (secondary N) is 2. The maximum atomic E-state index is 12.3. The molecule has 1 atom stereocenters. The fourth-order valence-corrected chi connectivity index (χ4v) is 3.93. The summed E-state index contributed by atoms with van der Waals surface area (Å²) in [6.45, 7) is 3.98. The average molecular weight is 391 g/mol. The van der Waals surface area contributed by atoms with E-state index in [1.165, 1.54) is 0 Å². The quantitative estimate of drug-likeness (QED) is 0.689. The third-order valence-electron chi connectivity index (χ3n) is 4.11. The normalized spacial score (nSPS) is 12.3. The molecule has 1 unspecified atom stereocenters. The van der Waals surface area contributed by atoms with Gasteiger partial charge in [-0.2, -0.15) is 0 Å². The summed E-state index contributed by atoms with van der Waals surface area (Å²) < 4.78 is 32.1. The van der Waals surface area contributed by atoms with Gasteiger partial charge in [-0.15, -0.1) is 0 Å². The molecular weight excluding hydrogens is 364 g/mol. The van der Waals surface area contributed by atoms with Crippen molar-refractivity contribution in [2.75, 3.05) is 24.1 Å². The highest BCUT2D eigenvalue weighted by Gasteiger charge is 2.21. The maximum Gasteiger partial charge on any atom is 0.233 e. The summed E-state index contributed by atoms with van der Waals surface area (Å²) >= 11 is 0. The lowest BCUT2D eigenvalue weighted by Gasteiger charge is -2.14. The monoisotopic (exact) mass is 390 g/mol. The molecule has 7 heteroatoms. The molecule has 0 aliphatic carbocycles. The molecule has 0 spiro atoms. The number of amides is 1. The predicted octanol–water partition coefficient (Wildman–Crippen LogP) is 2.74. The zero-order chi connectivity index (χ0) is 19.9. The number of anilines is 1. The van der Waals surface area contributed by atoms with Crippen LogP contribution in [0.5, 0.6) is 5.75 Å². The van der Waals surface area contributed by atoms with Crippen molar-refractivity contribution in [1.82, 2.24) is 5.32 Å². The van der Waals surface area contributed by atoms with E-state index in [0.717, 1.165) is 16.9 Å². The van der Waals surface area contributed by atoms with Crippen molar-refractivity contribution in [1.29, 1.82) is 0 Å². The van der Waals surface area contributed by atoms with Crippen LogP contribution in [0.3, 0.4) is 0 Å². The molecule has 2 rings (SSSR count). The molecule has 27 heavy (non-hydrogen) atoms. The van der Waals surface area contributed by atoms with Crippen molar-refractivity contribution in [3.8, 4) is 5.75 Å². The smallest absolute Gasteiger partial charge is 0.233 e. The van der Waals surface area contributed by atoms with Crippen LogP contribution in [0, 0.1) is 12.8 Å². The van der Waals surface area contributed by atoms with Crippen LogP contribution >= 0.6 is 0 Å². The number of ether oxygens (including phenoxy) is 1. The SMILES string of the molecule is COc1ccc(CCNC(=O)C(C)CS(=O)(=O)Nc2ccc(C)cc2)cc1. The molecular formula is C20H26N2O4S. The number of hydrogen-bond donors (Lipinski definition) is 2. The van der Waals surface area contributed by atoms with E-state index in [1.807, 2.05) is 43.3 Å². The first-order valence-corrected chi connectivity index (χ1v) is 10.4. The third kappa shape index (κ3) is 6.94. The molecule has 146 valence electrons. The highest BCUT2D eigenvalue weighted by molar-refractivity contribution is 7.92. The first-order chi connectivity index (χ1) is 12.8. The Balaban J connectivity index is 1.80. The van der Waals surface area contributed by atoms with Gasteiger partial charge >= 0.3 is 0 Å². The first kappa shape index (κ1) is 20.8. The van der Waals surface area contributed by atoms with Gasteiger partial charge in [-0.05, 0) is 43.2 Å². The Hall–Kier alpha value is -2.54. The zero-order valence-corrected chi connectivity index (χ0v) is 16.7. The lowest BCUT2D eigenvalue weighted by molar-refractivity contribution is -0.123. The number of rotatable bonds is 9. The van der Waals surface area contributed by atoms with Crippen LogP contribution in [0.4, 0.5) is 5.69 Å². The molecule has 0 aliphatic rings. The van der Waals surface area contributed by atoms with E-state index in [1.54, 1.807) is 26.2 Å². The van der Waals surface area contributed by atoms with Gasteiger partial charge in [0.1, 0.15) is 5.75 Å². The van der Waals surface area contributed by atoms with Crippen LogP contribution in [0.15, 0.2) is 48.5 Å². The zero-order valence-electron chi connectivity index (χ0n) is 15.9. The minimum Gasteiger partial charge on any atom is -0.497 e. The van der Waals surface area contributed by atoms with Crippen molar-refractivity contribution in [2.24, 2.45) is 5.92 Å². The van der Waals surface area contributed by atoms with Crippen molar-refractivity contribution < 1.29 is 17.9 Å². The van der Waals surface area contributed by atoms with E-state index in [2.05, 4.69) is 10.0 Å². The molecule has 0 bridgehead atoms. The molecule has 0 saturated carbocycles. The average Bonchev–Trinajstić information content (AvgIpc) is 2.63. The second kappa shape index (κ2) is 9.41. The molecule has 2 aromatic carbocycles. The van der Waals surface area contributed by atoms with Gasteiger partial charge in [0.2, 0.25) is 15.9 Å². The van der Waals surface area contributed by atoms with Crippen LogP contribution in [0.25, 0.3) is 0 Å². The summed E-state index contributed by atoms with van der Waals surface area (Å²) in [4.78, 5) is 12.2. The van der Waals surface area contributed by atoms with Crippen molar-refractivity contribution >= 4 is 21.6 Å². The van der Waals surface area contributed by atoms with Gasteiger partial charge in [0.15, 0.2) is 0 Å². The fourth-order valence-electron chi connectivity index (χ4n) is 2.54. The van der Waals surface area contributed by atoms with Crippen molar-refractivity contribution in [2.45, 2.75) is 20.3 Å². The topological polar surface area (TPSA) is 84.5 Å². The van der Waals surface area contributed by atoms with Crippen molar-refractivity contribution in [3.05, 3.63) is 59.7 Å². The van der Waals surface area contributed by atoms with E-state index < -0.39 is 15.9 Å². The Morgan fingerprint density at radius 1 is 1.07 bits per heavy atom. The van der Waals surface area contributed by atoms with E-state index in [9.17, 15) is 13.2 Å². The first-order valence-electron chi connectivity index (χ1n) is 8.77. The van der Waals surface area contributed by atoms with Gasteiger partial charge in [0, 0.05) is 12.2 Å². The summed E-state index contributed by atoms with van der Waals surface area (Å²) in [5.74, 6) is -0.417. The molecule has 0 heterocycles. The number of hydrogen-bond acceptors (Lipinski definition) is 4. The van der Waals surface area contributed by atoms with Gasteiger partial charge < -0.3 is 10.1 Å². The van der Waals surface area contributed by atoms with E-state index in [0.29, 0.717) is 18.7 Å². The van der Waals surface area contributed by atoms with Crippen LogP contribution < -0.4 is 14.8 Å². The van der Waals surface area contributed by atoms with Crippen LogP contribution in [0.2, 0.25) is 0 Å². The molecule has 1 amide bonds. The fraction of sp³-hybridized carbons (Fsp3) is 0.350. The molecule has 0 fully saturated rings. The van der Waals surface area contributed by atoms with Gasteiger partial charge in [-0.25, -0.2) is 8.42 Å². The Bertz CT molecular complexity index is 847. The summed E-state index contributed by atoms with van der Waals surface area (Å²) in [5, 5.41) is 2.79. The largest absolute Gasteiger partial charge is 0.497 e. The third-order valence-corrected chi connectivity index (χ3v) is 5.60. The number of aryl methyl sites for hydroxylation is 1. The Kier molecular flexibility index (Phi) is 7.24. The van der Waals surface area contributed by atoms with Gasteiger partial charge in [-0.1, -0.05) is 36.8 Å². The Morgan fingerprint density at radius 3 is 2.30 bits per heavy atom. The van der Waals surface area contributed by atoms with Gasteiger partial charge in [0.25, 0.3) is 0 Å². The molecule has 0 aromatic heterocycles. The lowest BCUT2D eigenvalue weighted by atomic mass is 10.1. The highest BCUT2D eigenvalue weighted by Crippen LogP contribution is 2.13. The molecule has 2 aromatic rings. The summed E-state index contributed by atoms with van der Waals surface area (Å²) in [5.41, 5.74) is 2.60. The molecule has 0 radical (unpaired) electrons. The molecule has 2 N–H and O–H groups in total. The molecule has 0 aliphatic heterocycles. The van der Waals surface area contributed by atoms with Crippen LogP contribution in [-0.4, -0.2) is 33.7 Å². The minimum absolute atomic E-state index is 0.269. The number of carbonyl (C=O) groups is 1. The summed E-state index contributed by atoms with van der Waals surface area (Å²) in [7, 11) is -1.99. The second-order valence-electron chi connectivity index (χ2n) is 6.54. The Morgan fingerprint density at radius 2 is 1.70 bits per heavy atom. The van der Waals surface area contributed by atoms with Gasteiger partial charge in [0.05, 0.1) is 18.8 Å². The summed E-state index contributed by atoms with van der Waals surface area (Å²) in [6.07, 6.45) is 0.664. The number of sulfonamides is 1. The highest BCUT2D eigenvalue weighted by atomic mass is 32.2. The molecule has 6 nitrogen and oxygen atoms in total. The van der Waals surface area contributed by atoms with Crippen molar-refractivity contribution in [3.63, 3.8) is 0 Å². The molecule has 0 saturated heterocycles. The number of methoxy groups -OCH3 is 1. The number of benzene rings is 2. The van der Waals surface area contributed by atoms with E-state index in [4.69, 9.17) is 4.74 Å².